The van der Waals surface area contributed by atoms with Crippen LogP contribution in [0.15, 0.2) is 0 Å². The second kappa shape index (κ2) is 6.34. The Bertz CT molecular complexity index is 345. The van der Waals surface area contributed by atoms with Gasteiger partial charge in [-0.2, -0.15) is 0 Å². The summed E-state index contributed by atoms with van der Waals surface area (Å²) in [6.45, 7) is 4.38. The lowest BCUT2D eigenvalue weighted by atomic mass is 10.1. The maximum atomic E-state index is 11.6. The smallest absolute Gasteiger partial charge is 0.327 e. The van der Waals surface area contributed by atoms with Gasteiger partial charge in [0.25, 0.3) is 0 Å². The van der Waals surface area contributed by atoms with Gasteiger partial charge in [-0.15, -0.1) is 0 Å². The Morgan fingerprint density at radius 2 is 2.28 bits per heavy atom. The van der Waals surface area contributed by atoms with Crippen molar-refractivity contribution in [3.05, 3.63) is 0 Å². The van der Waals surface area contributed by atoms with Crippen LogP contribution in [0, 0.1) is 0 Å². The predicted molar refractivity (Wildman–Crippen MR) is 63.9 cm³/mol. The molecule has 7 nitrogen and oxygen atoms in total. The number of nitrogens with zero attached hydrogens (tertiary/aromatic N) is 1. The first-order valence-electron chi connectivity index (χ1n) is 5.97. The molecule has 2 unspecified atom stereocenters. The fraction of sp³-hybridized carbons (Fsp3) is 0.727. The fourth-order valence-electron chi connectivity index (χ4n) is 2.09. The molecular formula is C11H19N3O4. The molecule has 1 aliphatic rings. The predicted octanol–water partition coefficient (Wildman–Crippen LogP) is -1.21. The third-order valence-corrected chi connectivity index (χ3v) is 2.92. The van der Waals surface area contributed by atoms with E-state index in [1.165, 1.54) is 6.92 Å². The molecule has 1 saturated heterocycles. The van der Waals surface area contributed by atoms with E-state index >= 15 is 0 Å². The second-order valence-corrected chi connectivity index (χ2v) is 4.30. The molecule has 0 aliphatic carbocycles. The van der Waals surface area contributed by atoms with Gasteiger partial charge in [-0.3, -0.25) is 14.5 Å². The first-order valence-corrected chi connectivity index (χ1v) is 5.97. The minimum Gasteiger partial charge on any atom is -0.480 e. The summed E-state index contributed by atoms with van der Waals surface area (Å²) in [7, 11) is 0. The number of carbonyl (C=O) groups excluding carboxylic acids is 2. The molecule has 1 rings (SSSR count). The third-order valence-electron chi connectivity index (χ3n) is 2.92. The highest BCUT2D eigenvalue weighted by Crippen LogP contribution is 2.09. The van der Waals surface area contributed by atoms with E-state index in [2.05, 4.69) is 10.6 Å². The van der Waals surface area contributed by atoms with Gasteiger partial charge >= 0.3 is 5.97 Å². The van der Waals surface area contributed by atoms with Crippen LogP contribution in [-0.2, 0) is 14.4 Å². The Morgan fingerprint density at radius 3 is 2.78 bits per heavy atom. The number of hydrogen-bond acceptors (Lipinski definition) is 4. The molecule has 2 atom stereocenters. The van der Waals surface area contributed by atoms with Gasteiger partial charge in [-0.05, 0) is 6.42 Å². The number of carboxylic acid groups (broad SMARTS) is 1. The normalized spacial score (nSPS) is 22.1. The molecule has 1 aliphatic heterocycles. The van der Waals surface area contributed by atoms with E-state index in [0.717, 1.165) is 0 Å². The summed E-state index contributed by atoms with van der Waals surface area (Å²) in [6, 6.07) is -1.31. The summed E-state index contributed by atoms with van der Waals surface area (Å²) in [5, 5.41) is 14.2. The van der Waals surface area contributed by atoms with Crippen LogP contribution in [0.1, 0.15) is 20.3 Å². The van der Waals surface area contributed by atoms with Gasteiger partial charge in [0.05, 0.1) is 6.04 Å². The van der Waals surface area contributed by atoms with E-state index in [9.17, 15) is 14.4 Å². The van der Waals surface area contributed by atoms with Gasteiger partial charge in [0.1, 0.15) is 6.04 Å². The highest BCUT2D eigenvalue weighted by Gasteiger charge is 2.31. The summed E-state index contributed by atoms with van der Waals surface area (Å²) in [4.78, 5) is 35.4. The molecule has 0 saturated carbocycles. The van der Waals surface area contributed by atoms with Crippen molar-refractivity contribution < 1.29 is 19.5 Å². The zero-order chi connectivity index (χ0) is 13.7. The quantitative estimate of drug-likeness (QED) is 0.574. The van der Waals surface area contributed by atoms with Crippen molar-refractivity contribution >= 4 is 17.8 Å². The van der Waals surface area contributed by atoms with Gasteiger partial charge in [0, 0.05) is 26.6 Å². The van der Waals surface area contributed by atoms with Crippen LogP contribution in [0.25, 0.3) is 0 Å². The monoisotopic (exact) mass is 257 g/mol. The van der Waals surface area contributed by atoms with E-state index in [0.29, 0.717) is 19.5 Å². The Morgan fingerprint density at radius 1 is 1.61 bits per heavy atom. The van der Waals surface area contributed by atoms with Crippen molar-refractivity contribution in [1.29, 1.82) is 0 Å². The van der Waals surface area contributed by atoms with Crippen molar-refractivity contribution in [2.24, 2.45) is 0 Å². The molecule has 102 valence electrons. The number of carbonyl (C=O) groups is 3. The number of piperazine rings is 1. The van der Waals surface area contributed by atoms with Crippen molar-refractivity contribution in [2.45, 2.75) is 32.4 Å². The second-order valence-electron chi connectivity index (χ2n) is 4.30. The molecule has 0 aromatic carbocycles. The molecule has 0 radical (unpaired) electrons. The zero-order valence-corrected chi connectivity index (χ0v) is 10.6. The van der Waals surface area contributed by atoms with Crippen LogP contribution in [0.3, 0.4) is 0 Å². The molecule has 3 N–H and O–H groups in total. The molecule has 7 heteroatoms. The Labute approximate surface area is 106 Å². The lowest BCUT2D eigenvalue weighted by molar-refractivity contribution is -0.143. The fourth-order valence-corrected chi connectivity index (χ4v) is 2.09. The molecule has 0 aromatic rings. The standard InChI is InChI=1S/C11H19N3O4/c1-3-9-10(16)12-4-5-14(9)6-8(11(17)18)13-7(2)15/h8-9H,3-6H2,1-2H3,(H,12,16)(H,13,15)(H,17,18). The van der Waals surface area contributed by atoms with Crippen LogP contribution < -0.4 is 10.6 Å². The topological polar surface area (TPSA) is 98.7 Å². The number of carboxylic acids is 1. The average molecular weight is 257 g/mol. The summed E-state index contributed by atoms with van der Waals surface area (Å²) >= 11 is 0. The van der Waals surface area contributed by atoms with Crippen LogP contribution in [0.4, 0.5) is 0 Å². The first-order chi connectivity index (χ1) is 8.45. The van der Waals surface area contributed by atoms with Gasteiger partial charge < -0.3 is 15.7 Å². The molecule has 1 heterocycles. The SMILES string of the molecule is CCC1C(=O)NCCN1CC(NC(C)=O)C(=O)O. The summed E-state index contributed by atoms with van der Waals surface area (Å²) in [5.74, 6) is -1.57. The van der Waals surface area contributed by atoms with E-state index < -0.39 is 17.9 Å². The lowest BCUT2D eigenvalue weighted by Gasteiger charge is -2.35. The highest BCUT2D eigenvalue weighted by atomic mass is 16.4. The number of rotatable bonds is 5. The average Bonchev–Trinajstić information content (AvgIpc) is 2.27. The van der Waals surface area contributed by atoms with E-state index in [1.54, 1.807) is 4.90 Å². The Kier molecular flexibility index (Phi) is 5.08. The molecule has 0 bridgehead atoms. The lowest BCUT2D eigenvalue weighted by Crippen LogP contribution is -2.59. The van der Waals surface area contributed by atoms with E-state index in [1.807, 2.05) is 6.92 Å². The number of hydrogen-bond donors (Lipinski definition) is 3. The van der Waals surface area contributed by atoms with Crippen LogP contribution in [-0.4, -0.2) is 59.5 Å². The minimum absolute atomic E-state index is 0.0873. The van der Waals surface area contributed by atoms with Crippen LogP contribution in [0.5, 0.6) is 0 Å². The Balaban J connectivity index is 2.69. The number of nitrogens with one attached hydrogen (secondary N) is 2. The minimum atomic E-state index is -1.09. The molecule has 0 aromatic heterocycles. The van der Waals surface area contributed by atoms with Crippen LogP contribution in [0.2, 0.25) is 0 Å². The maximum Gasteiger partial charge on any atom is 0.327 e. The number of aliphatic carboxylic acids is 1. The third kappa shape index (κ3) is 3.69. The maximum absolute atomic E-state index is 11.6. The van der Waals surface area contributed by atoms with Crippen molar-refractivity contribution in [3.8, 4) is 0 Å². The Hall–Kier alpha value is -1.63. The molecule has 0 spiro atoms. The molecular weight excluding hydrogens is 238 g/mol. The largest absolute Gasteiger partial charge is 0.480 e. The van der Waals surface area contributed by atoms with Gasteiger partial charge in [0.15, 0.2) is 0 Å². The highest BCUT2D eigenvalue weighted by molar-refractivity contribution is 5.84. The number of amides is 2. The molecule has 1 fully saturated rings. The van der Waals surface area contributed by atoms with Crippen LogP contribution >= 0.6 is 0 Å². The zero-order valence-electron chi connectivity index (χ0n) is 10.6. The van der Waals surface area contributed by atoms with Crippen molar-refractivity contribution in [1.82, 2.24) is 15.5 Å². The van der Waals surface area contributed by atoms with Gasteiger partial charge in [-0.1, -0.05) is 6.92 Å². The summed E-state index contributed by atoms with van der Waals surface area (Å²) < 4.78 is 0. The first kappa shape index (κ1) is 14.4. The van der Waals surface area contributed by atoms with Gasteiger partial charge in [-0.25, -0.2) is 4.79 Å². The molecule has 18 heavy (non-hydrogen) atoms. The molecule has 2 amide bonds. The summed E-state index contributed by atoms with van der Waals surface area (Å²) in [5.41, 5.74) is 0. The van der Waals surface area contributed by atoms with E-state index in [-0.39, 0.29) is 18.5 Å². The van der Waals surface area contributed by atoms with Crippen molar-refractivity contribution in [2.75, 3.05) is 19.6 Å². The van der Waals surface area contributed by atoms with E-state index in [4.69, 9.17) is 5.11 Å². The van der Waals surface area contributed by atoms with Gasteiger partial charge in [0.2, 0.25) is 11.8 Å². The van der Waals surface area contributed by atoms with Crippen molar-refractivity contribution in [3.63, 3.8) is 0 Å². The summed E-state index contributed by atoms with van der Waals surface area (Å²) in [6.07, 6.45) is 0.609.